The summed E-state index contributed by atoms with van der Waals surface area (Å²) in [6, 6.07) is 5.11. The van der Waals surface area contributed by atoms with Crippen molar-refractivity contribution in [2.75, 3.05) is 7.11 Å². The predicted molar refractivity (Wildman–Crippen MR) is 69.2 cm³/mol. The van der Waals surface area contributed by atoms with Crippen LogP contribution in [0.25, 0.3) is 10.9 Å². The zero-order chi connectivity index (χ0) is 13.3. The van der Waals surface area contributed by atoms with Crippen molar-refractivity contribution < 1.29 is 14.6 Å². The Labute approximate surface area is 109 Å². The quantitative estimate of drug-likeness (QED) is 0.927. The van der Waals surface area contributed by atoms with Crippen molar-refractivity contribution in [3.63, 3.8) is 0 Å². The number of hydrogen-bond acceptors (Lipinski definition) is 3. The SMILES string of the molecule is COCc1c(C)nc2c(Cl)cccc2c1C(=O)O. The highest BCUT2D eigenvalue weighted by atomic mass is 35.5. The topological polar surface area (TPSA) is 59.4 Å². The van der Waals surface area contributed by atoms with Crippen LogP contribution in [0, 0.1) is 6.92 Å². The van der Waals surface area contributed by atoms with Gasteiger partial charge < -0.3 is 9.84 Å². The molecule has 2 rings (SSSR count). The van der Waals surface area contributed by atoms with E-state index in [0.717, 1.165) is 0 Å². The van der Waals surface area contributed by atoms with Crippen LogP contribution in [-0.4, -0.2) is 23.2 Å². The lowest BCUT2D eigenvalue weighted by Gasteiger charge is -2.12. The van der Waals surface area contributed by atoms with Gasteiger partial charge in [0.25, 0.3) is 0 Å². The number of nitrogens with zero attached hydrogens (tertiary/aromatic N) is 1. The summed E-state index contributed by atoms with van der Waals surface area (Å²) in [5.74, 6) is -1.00. The summed E-state index contributed by atoms with van der Waals surface area (Å²) in [4.78, 5) is 15.8. The number of carboxylic acid groups (broad SMARTS) is 1. The summed E-state index contributed by atoms with van der Waals surface area (Å²) in [5.41, 5.74) is 1.92. The Morgan fingerprint density at radius 1 is 1.50 bits per heavy atom. The molecule has 94 valence electrons. The van der Waals surface area contributed by atoms with E-state index in [1.54, 1.807) is 25.1 Å². The minimum atomic E-state index is -1.00. The molecule has 1 aromatic heterocycles. The molecule has 18 heavy (non-hydrogen) atoms. The van der Waals surface area contributed by atoms with Crippen LogP contribution in [-0.2, 0) is 11.3 Å². The van der Waals surface area contributed by atoms with Gasteiger partial charge in [-0.25, -0.2) is 4.79 Å². The molecule has 0 aliphatic carbocycles. The van der Waals surface area contributed by atoms with Crippen molar-refractivity contribution in [2.24, 2.45) is 0 Å². The highest BCUT2D eigenvalue weighted by Crippen LogP contribution is 2.28. The number of pyridine rings is 1. The molecule has 0 aliphatic rings. The molecular weight excluding hydrogens is 254 g/mol. The minimum Gasteiger partial charge on any atom is -0.478 e. The minimum absolute atomic E-state index is 0.210. The summed E-state index contributed by atoms with van der Waals surface area (Å²) in [6.07, 6.45) is 0. The van der Waals surface area contributed by atoms with Gasteiger partial charge in [-0.2, -0.15) is 0 Å². The lowest BCUT2D eigenvalue weighted by atomic mass is 10.0. The molecule has 0 unspecified atom stereocenters. The molecule has 0 aliphatic heterocycles. The van der Waals surface area contributed by atoms with E-state index in [1.807, 2.05) is 0 Å². The molecule has 0 fully saturated rings. The van der Waals surface area contributed by atoms with E-state index in [1.165, 1.54) is 7.11 Å². The number of hydrogen-bond donors (Lipinski definition) is 1. The predicted octanol–water partition coefficient (Wildman–Crippen LogP) is 3.04. The third-order valence-corrected chi connectivity index (χ3v) is 3.08. The van der Waals surface area contributed by atoms with Crippen molar-refractivity contribution in [1.29, 1.82) is 0 Å². The van der Waals surface area contributed by atoms with E-state index >= 15 is 0 Å². The highest BCUT2D eigenvalue weighted by molar-refractivity contribution is 6.35. The number of para-hydroxylation sites is 1. The van der Waals surface area contributed by atoms with Crippen molar-refractivity contribution >= 4 is 28.5 Å². The van der Waals surface area contributed by atoms with Gasteiger partial charge >= 0.3 is 5.97 Å². The summed E-state index contributed by atoms with van der Waals surface area (Å²) in [6.45, 7) is 1.96. The molecule has 0 saturated heterocycles. The number of aryl methyl sites for hydroxylation is 1. The molecule has 1 aromatic carbocycles. The normalized spacial score (nSPS) is 10.8. The van der Waals surface area contributed by atoms with Gasteiger partial charge in [0.15, 0.2) is 0 Å². The van der Waals surface area contributed by atoms with Gasteiger partial charge in [0.05, 0.1) is 22.7 Å². The molecule has 5 heteroatoms. The van der Waals surface area contributed by atoms with Crippen LogP contribution in [0.5, 0.6) is 0 Å². The van der Waals surface area contributed by atoms with Gasteiger partial charge in [-0.05, 0) is 13.0 Å². The number of benzene rings is 1. The zero-order valence-corrected chi connectivity index (χ0v) is 10.8. The largest absolute Gasteiger partial charge is 0.478 e. The Balaban J connectivity index is 2.89. The smallest absolute Gasteiger partial charge is 0.336 e. The van der Waals surface area contributed by atoms with Crippen molar-refractivity contribution in [3.05, 3.63) is 40.0 Å². The molecule has 0 bridgehead atoms. The van der Waals surface area contributed by atoms with E-state index in [0.29, 0.717) is 27.2 Å². The van der Waals surface area contributed by atoms with E-state index in [9.17, 15) is 9.90 Å². The molecule has 1 heterocycles. The second-order valence-electron chi connectivity index (χ2n) is 3.92. The molecule has 2 aromatic rings. The Morgan fingerprint density at radius 3 is 2.83 bits per heavy atom. The number of halogens is 1. The van der Waals surface area contributed by atoms with Crippen LogP contribution < -0.4 is 0 Å². The summed E-state index contributed by atoms with van der Waals surface area (Å²) in [7, 11) is 1.52. The second-order valence-corrected chi connectivity index (χ2v) is 4.33. The van der Waals surface area contributed by atoms with Gasteiger partial charge in [-0.15, -0.1) is 0 Å². The maximum absolute atomic E-state index is 11.4. The van der Waals surface area contributed by atoms with Crippen LogP contribution in [0.1, 0.15) is 21.6 Å². The maximum atomic E-state index is 11.4. The molecule has 0 saturated carbocycles. The van der Waals surface area contributed by atoms with Crippen LogP contribution in [0.3, 0.4) is 0 Å². The lowest BCUT2D eigenvalue weighted by molar-refractivity contribution is 0.0694. The van der Waals surface area contributed by atoms with Gasteiger partial charge in [-0.1, -0.05) is 23.7 Å². The van der Waals surface area contributed by atoms with Crippen molar-refractivity contribution in [2.45, 2.75) is 13.5 Å². The average Bonchev–Trinajstić information content (AvgIpc) is 2.31. The molecular formula is C13H12ClNO3. The number of fused-ring (bicyclic) bond motifs is 1. The molecule has 0 atom stereocenters. The van der Waals surface area contributed by atoms with Gasteiger partial charge in [0, 0.05) is 23.8 Å². The first-order valence-electron chi connectivity index (χ1n) is 5.36. The fourth-order valence-electron chi connectivity index (χ4n) is 1.97. The number of aromatic carboxylic acids is 1. The van der Waals surface area contributed by atoms with Crippen LogP contribution >= 0.6 is 11.6 Å². The molecule has 4 nitrogen and oxygen atoms in total. The van der Waals surface area contributed by atoms with Crippen LogP contribution in [0.15, 0.2) is 18.2 Å². The number of aromatic nitrogens is 1. The Bertz CT molecular complexity index is 625. The molecule has 1 N–H and O–H groups in total. The number of carboxylic acids is 1. The second kappa shape index (κ2) is 4.92. The number of carbonyl (C=O) groups is 1. The first-order valence-corrected chi connectivity index (χ1v) is 5.74. The highest BCUT2D eigenvalue weighted by Gasteiger charge is 2.19. The van der Waals surface area contributed by atoms with Gasteiger partial charge in [0.2, 0.25) is 0 Å². The Hall–Kier alpha value is -1.65. The third-order valence-electron chi connectivity index (χ3n) is 2.78. The standard InChI is InChI=1S/C13H12ClNO3/c1-7-9(6-18-2)11(13(16)17)8-4-3-5-10(14)12(8)15-7/h3-5H,6H2,1-2H3,(H,16,17). The number of rotatable bonds is 3. The van der Waals surface area contributed by atoms with E-state index in [-0.39, 0.29) is 12.2 Å². The van der Waals surface area contributed by atoms with Crippen LogP contribution in [0.4, 0.5) is 0 Å². The van der Waals surface area contributed by atoms with E-state index in [4.69, 9.17) is 16.3 Å². The van der Waals surface area contributed by atoms with E-state index < -0.39 is 5.97 Å². The first-order chi connectivity index (χ1) is 8.56. The molecule has 0 amide bonds. The first kappa shape index (κ1) is 12.8. The maximum Gasteiger partial charge on any atom is 0.336 e. The monoisotopic (exact) mass is 265 g/mol. The summed E-state index contributed by atoms with van der Waals surface area (Å²) < 4.78 is 5.04. The fraction of sp³-hybridized carbons (Fsp3) is 0.231. The van der Waals surface area contributed by atoms with E-state index in [2.05, 4.69) is 4.98 Å². The molecule has 0 spiro atoms. The number of methoxy groups -OCH3 is 1. The van der Waals surface area contributed by atoms with Crippen molar-refractivity contribution in [3.8, 4) is 0 Å². The lowest BCUT2D eigenvalue weighted by Crippen LogP contribution is -2.08. The summed E-state index contributed by atoms with van der Waals surface area (Å²) >= 11 is 6.05. The Kier molecular flexibility index (Phi) is 3.50. The van der Waals surface area contributed by atoms with Crippen molar-refractivity contribution in [1.82, 2.24) is 4.98 Å². The zero-order valence-electron chi connectivity index (χ0n) is 10.0. The Morgan fingerprint density at radius 2 is 2.22 bits per heavy atom. The molecule has 0 radical (unpaired) electrons. The third kappa shape index (κ3) is 2.05. The number of ether oxygens (including phenoxy) is 1. The van der Waals surface area contributed by atoms with Crippen LogP contribution in [0.2, 0.25) is 5.02 Å². The van der Waals surface area contributed by atoms with Gasteiger partial charge in [0.1, 0.15) is 0 Å². The fourth-order valence-corrected chi connectivity index (χ4v) is 2.19. The van der Waals surface area contributed by atoms with Gasteiger partial charge in [-0.3, -0.25) is 4.98 Å². The average molecular weight is 266 g/mol. The summed E-state index contributed by atoms with van der Waals surface area (Å²) in [5, 5.41) is 10.4.